The molecule has 0 aliphatic rings. The molecule has 0 radical (unpaired) electrons. The third-order valence-corrected chi connectivity index (χ3v) is 3.74. The highest BCUT2D eigenvalue weighted by Crippen LogP contribution is 2.22. The highest BCUT2D eigenvalue weighted by atomic mass is 31.1. The Morgan fingerprint density at radius 3 is 2.15 bits per heavy atom. The lowest BCUT2D eigenvalue weighted by molar-refractivity contribution is 0.112. The number of aldehydes is 1. The summed E-state index contributed by atoms with van der Waals surface area (Å²) in [6, 6.07) is 17.0. The van der Waals surface area contributed by atoms with Crippen LogP contribution in [0.25, 0.3) is 0 Å². The van der Waals surface area contributed by atoms with Crippen molar-refractivity contribution in [1.82, 2.24) is 0 Å². The first-order chi connectivity index (χ1) is 9.69. The van der Waals surface area contributed by atoms with Crippen molar-refractivity contribution in [3.63, 3.8) is 0 Å². The monoisotopic (exact) mass is 289 g/mol. The summed E-state index contributed by atoms with van der Waals surface area (Å²) in [5, 5.41) is 0.467. The van der Waals surface area contributed by atoms with Crippen molar-refractivity contribution < 1.29 is 13.9 Å². The van der Waals surface area contributed by atoms with E-state index in [1.54, 1.807) is 31.2 Å². The molecule has 20 heavy (non-hydrogen) atoms. The summed E-state index contributed by atoms with van der Waals surface area (Å²) in [6.45, 7) is 4.22. The number of rotatable bonds is 4. The van der Waals surface area contributed by atoms with E-state index in [4.69, 9.17) is 4.52 Å². The number of carbonyl (C=O) groups excluding carboxylic acids is 1. The SMILES string of the molecule is CCO[P+](=O)c1ccccc1C=O.Cc1ccccc1. The molecule has 1 unspecified atom stereocenters. The molecule has 0 heterocycles. The Morgan fingerprint density at radius 2 is 1.65 bits per heavy atom. The van der Waals surface area contributed by atoms with Crippen molar-refractivity contribution in [1.29, 1.82) is 0 Å². The van der Waals surface area contributed by atoms with Gasteiger partial charge in [0.1, 0.15) is 6.61 Å². The van der Waals surface area contributed by atoms with Crippen molar-refractivity contribution in [2.45, 2.75) is 13.8 Å². The molecule has 0 aliphatic carbocycles. The second-order valence-corrected chi connectivity index (χ2v) is 5.26. The van der Waals surface area contributed by atoms with Crippen LogP contribution in [-0.2, 0) is 9.09 Å². The van der Waals surface area contributed by atoms with Crippen LogP contribution >= 0.6 is 8.03 Å². The zero-order valence-corrected chi connectivity index (χ0v) is 12.5. The van der Waals surface area contributed by atoms with Crippen LogP contribution in [-0.4, -0.2) is 12.9 Å². The van der Waals surface area contributed by atoms with Crippen LogP contribution in [0.1, 0.15) is 22.8 Å². The predicted octanol–water partition coefficient (Wildman–Crippen LogP) is 3.90. The highest BCUT2D eigenvalue weighted by molar-refractivity contribution is 7.48. The van der Waals surface area contributed by atoms with Gasteiger partial charge in [-0.3, -0.25) is 4.79 Å². The van der Waals surface area contributed by atoms with Gasteiger partial charge >= 0.3 is 8.03 Å². The van der Waals surface area contributed by atoms with E-state index < -0.39 is 8.03 Å². The van der Waals surface area contributed by atoms with Gasteiger partial charge < -0.3 is 0 Å². The number of hydrogen-bond donors (Lipinski definition) is 0. The first-order valence-corrected chi connectivity index (χ1v) is 7.52. The van der Waals surface area contributed by atoms with Gasteiger partial charge in [-0.15, -0.1) is 4.52 Å². The van der Waals surface area contributed by atoms with Gasteiger partial charge in [0, 0.05) is 0 Å². The minimum Gasteiger partial charge on any atom is -0.298 e. The lowest BCUT2D eigenvalue weighted by Crippen LogP contribution is -2.05. The quantitative estimate of drug-likeness (QED) is 0.633. The normalized spacial score (nSPS) is 10.2. The molecule has 0 aliphatic heterocycles. The first kappa shape index (κ1) is 16.2. The van der Waals surface area contributed by atoms with Crippen molar-refractivity contribution in [3.05, 3.63) is 65.7 Å². The topological polar surface area (TPSA) is 43.4 Å². The molecule has 0 saturated heterocycles. The van der Waals surface area contributed by atoms with E-state index in [-0.39, 0.29) is 0 Å². The van der Waals surface area contributed by atoms with Crippen LogP contribution in [0.3, 0.4) is 0 Å². The molecule has 4 heteroatoms. The number of benzene rings is 2. The summed E-state index contributed by atoms with van der Waals surface area (Å²) in [7, 11) is -1.88. The van der Waals surface area contributed by atoms with E-state index in [9.17, 15) is 9.36 Å². The van der Waals surface area contributed by atoms with E-state index in [1.165, 1.54) is 5.56 Å². The van der Waals surface area contributed by atoms with E-state index >= 15 is 0 Å². The highest BCUT2D eigenvalue weighted by Gasteiger charge is 2.24. The van der Waals surface area contributed by atoms with Gasteiger partial charge in [-0.2, -0.15) is 0 Å². The molecule has 104 valence electrons. The summed E-state index contributed by atoms with van der Waals surface area (Å²) < 4.78 is 16.3. The van der Waals surface area contributed by atoms with E-state index in [2.05, 4.69) is 19.1 Å². The van der Waals surface area contributed by atoms with Crippen LogP contribution < -0.4 is 5.30 Å². The van der Waals surface area contributed by atoms with Gasteiger partial charge in [0.15, 0.2) is 6.29 Å². The van der Waals surface area contributed by atoms with Crippen LogP contribution in [0.2, 0.25) is 0 Å². The van der Waals surface area contributed by atoms with Crippen molar-refractivity contribution in [2.24, 2.45) is 0 Å². The lowest BCUT2D eigenvalue weighted by atomic mass is 10.2. The van der Waals surface area contributed by atoms with Gasteiger partial charge in [-0.05, 0) is 30.5 Å². The standard InChI is InChI=1S/C9H10O3P.C7H8/c1-2-12-13(11)9-6-4-3-5-8(9)7-10;1-7-5-3-2-4-6-7/h3-7H,2H2,1H3;2-6H,1H3/q+1;. The summed E-state index contributed by atoms with van der Waals surface area (Å²) >= 11 is 0. The summed E-state index contributed by atoms with van der Waals surface area (Å²) in [4.78, 5) is 10.6. The Kier molecular flexibility index (Phi) is 7.41. The fraction of sp³-hybridized carbons (Fsp3) is 0.188. The van der Waals surface area contributed by atoms with Crippen LogP contribution in [0, 0.1) is 6.92 Å². The zero-order chi connectivity index (χ0) is 14.8. The summed E-state index contributed by atoms with van der Waals surface area (Å²) in [5.41, 5.74) is 1.75. The maximum Gasteiger partial charge on any atom is 0.549 e. The van der Waals surface area contributed by atoms with E-state index in [0.717, 1.165) is 0 Å². The molecule has 0 amide bonds. The van der Waals surface area contributed by atoms with Crippen molar-refractivity contribution in [2.75, 3.05) is 6.61 Å². The predicted molar refractivity (Wildman–Crippen MR) is 81.9 cm³/mol. The Balaban J connectivity index is 0.000000240. The van der Waals surface area contributed by atoms with Crippen LogP contribution in [0.15, 0.2) is 54.6 Å². The molecule has 3 nitrogen and oxygen atoms in total. The molecule has 2 aromatic rings. The smallest absolute Gasteiger partial charge is 0.298 e. The zero-order valence-electron chi connectivity index (χ0n) is 11.7. The summed E-state index contributed by atoms with van der Waals surface area (Å²) in [5.74, 6) is 0. The first-order valence-electron chi connectivity index (χ1n) is 6.35. The van der Waals surface area contributed by atoms with Gasteiger partial charge in [0.05, 0.1) is 5.56 Å². The molecule has 0 fully saturated rings. The second kappa shape index (κ2) is 9.13. The van der Waals surface area contributed by atoms with E-state index in [0.29, 0.717) is 23.8 Å². The molecule has 0 spiro atoms. The average molecular weight is 289 g/mol. The Labute approximate surface area is 120 Å². The molecule has 0 aromatic heterocycles. The number of carbonyl (C=O) groups is 1. The molecule has 0 N–H and O–H groups in total. The lowest BCUT2D eigenvalue weighted by Gasteiger charge is -1.90. The van der Waals surface area contributed by atoms with Gasteiger partial charge in [-0.25, -0.2) is 0 Å². The molecule has 2 rings (SSSR count). The third kappa shape index (κ3) is 5.43. The second-order valence-electron chi connectivity index (χ2n) is 4.01. The van der Waals surface area contributed by atoms with Gasteiger partial charge in [0.2, 0.25) is 5.30 Å². The summed E-state index contributed by atoms with van der Waals surface area (Å²) in [6.07, 6.45) is 0.682. The average Bonchev–Trinajstić information content (AvgIpc) is 2.49. The number of aryl methyl sites for hydroxylation is 1. The molecule has 0 bridgehead atoms. The third-order valence-electron chi connectivity index (χ3n) is 2.45. The van der Waals surface area contributed by atoms with Gasteiger partial charge in [0.25, 0.3) is 0 Å². The molecule has 0 saturated carbocycles. The fourth-order valence-electron chi connectivity index (χ4n) is 1.47. The van der Waals surface area contributed by atoms with E-state index in [1.807, 2.05) is 18.2 Å². The molecule has 2 aromatic carbocycles. The molecular weight excluding hydrogens is 271 g/mol. The Hall–Kier alpha value is -1.83. The maximum absolute atomic E-state index is 11.4. The maximum atomic E-state index is 11.4. The largest absolute Gasteiger partial charge is 0.549 e. The van der Waals surface area contributed by atoms with Crippen LogP contribution in [0.4, 0.5) is 0 Å². The van der Waals surface area contributed by atoms with Crippen molar-refractivity contribution in [3.8, 4) is 0 Å². The Morgan fingerprint density at radius 1 is 1.05 bits per heavy atom. The molecule has 1 atom stereocenters. The van der Waals surface area contributed by atoms with Crippen LogP contribution in [0.5, 0.6) is 0 Å². The van der Waals surface area contributed by atoms with Gasteiger partial charge in [-0.1, -0.05) is 48.0 Å². The molecular formula is C16H18O3P+. The number of hydrogen-bond acceptors (Lipinski definition) is 3. The minimum atomic E-state index is -1.88. The fourth-order valence-corrected chi connectivity index (χ4v) is 2.39. The Bertz CT molecular complexity index is 553. The van der Waals surface area contributed by atoms with Crippen molar-refractivity contribution >= 4 is 19.6 Å². The minimum absolute atomic E-state index is 0.377.